The predicted octanol–water partition coefficient (Wildman–Crippen LogP) is 4.12. The molecule has 18 heavy (non-hydrogen) atoms. The Bertz CT molecular complexity index is 687. The molecular weight excluding hydrogens is 244 g/mol. The van der Waals surface area contributed by atoms with Gasteiger partial charge >= 0.3 is 5.97 Å². The van der Waals surface area contributed by atoms with Gasteiger partial charge in [-0.2, -0.15) is 0 Å². The predicted molar refractivity (Wildman–Crippen MR) is 73.2 cm³/mol. The second kappa shape index (κ2) is 4.63. The fourth-order valence-electron chi connectivity index (χ4n) is 1.78. The molecule has 0 N–H and O–H groups in total. The van der Waals surface area contributed by atoms with E-state index in [2.05, 4.69) is 0 Å². The lowest BCUT2D eigenvalue weighted by Gasteiger charge is -2.04. The second-order valence-electron chi connectivity index (χ2n) is 3.88. The fraction of sp³-hybridized carbons (Fsp3) is 0. The molecule has 0 aliphatic carbocycles. The zero-order valence-electron chi connectivity index (χ0n) is 9.50. The Morgan fingerprint density at radius 1 is 0.944 bits per heavy atom. The standard InChI is InChI=1S/C15H10O2S/c16-15(14-6-3-9-18-14)17-13-8-7-11-4-1-2-5-12(11)10-13/h1-10H. The van der Waals surface area contributed by atoms with Crippen molar-refractivity contribution in [3.05, 3.63) is 64.9 Å². The molecule has 0 aliphatic rings. The second-order valence-corrected chi connectivity index (χ2v) is 4.82. The summed E-state index contributed by atoms with van der Waals surface area (Å²) in [5.41, 5.74) is 0. The number of esters is 1. The molecule has 2 aromatic carbocycles. The van der Waals surface area contributed by atoms with Crippen LogP contribution in [0.15, 0.2) is 60.0 Å². The number of rotatable bonds is 2. The molecule has 0 bridgehead atoms. The minimum absolute atomic E-state index is 0.305. The van der Waals surface area contributed by atoms with E-state index in [0.717, 1.165) is 10.8 Å². The Morgan fingerprint density at radius 3 is 2.56 bits per heavy atom. The average Bonchev–Trinajstić information content (AvgIpc) is 2.92. The lowest BCUT2D eigenvalue weighted by molar-refractivity contribution is 0.0740. The van der Waals surface area contributed by atoms with E-state index in [9.17, 15) is 4.79 Å². The summed E-state index contributed by atoms with van der Waals surface area (Å²) in [5.74, 6) is 0.271. The number of carbonyl (C=O) groups is 1. The molecule has 2 nitrogen and oxygen atoms in total. The number of thiophene rings is 1. The Kier molecular flexibility index (Phi) is 2.82. The molecule has 0 atom stereocenters. The van der Waals surface area contributed by atoms with Crippen molar-refractivity contribution in [3.8, 4) is 5.75 Å². The highest BCUT2D eigenvalue weighted by Gasteiger charge is 2.09. The summed E-state index contributed by atoms with van der Waals surface area (Å²) in [4.78, 5) is 12.4. The summed E-state index contributed by atoms with van der Waals surface area (Å²) in [5, 5.41) is 4.05. The zero-order chi connectivity index (χ0) is 12.4. The SMILES string of the molecule is O=C(Oc1ccc2ccccc2c1)c1cccs1. The van der Waals surface area contributed by atoms with Crippen molar-refractivity contribution in [1.82, 2.24) is 0 Å². The van der Waals surface area contributed by atoms with Gasteiger partial charge in [-0.25, -0.2) is 4.79 Å². The summed E-state index contributed by atoms with van der Waals surface area (Å²) in [6.07, 6.45) is 0. The summed E-state index contributed by atoms with van der Waals surface area (Å²) in [7, 11) is 0. The van der Waals surface area contributed by atoms with E-state index in [1.807, 2.05) is 53.9 Å². The quantitative estimate of drug-likeness (QED) is 0.508. The number of fused-ring (bicyclic) bond motifs is 1. The molecule has 0 saturated carbocycles. The van der Waals surface area contributed by atoms with E-state index in [-0.39, 0.29) is 5.97 Å². The monoisotopic (exact) mass is 254 g/mol. The van der Waals surface area contributed by atoms with Gasteiger partial charge in [0.1, 0.15) is 10.6 Å². The molecule has 88 valence electrons. The first-order chi connectivity index (χ1) is 8.83. The van der Waals surface area contributed by atoms with Gasteiger partial charge in [0.15, 0.2) is 0 Å². The highest BCUT2D eigenvalue weighted by Crippen LogP contribution is 2.22. The number of ether oxygens (including phenoxy) is 1. The lowest BCUT2D eigenvalue weighted by Crippen LogP contribution is -2.05. The third kappa shape index (κ3) is 2.13. The minimum atomic E-state index is -0.305. The van der Waals surface area contributed by atoms with Gasteiger partial charge in [-0.1, -0.05) is 36.4 Å². The van der Waals surface area contributed by atoms with Gasteiger partial charge in [0.25, 0.3) is 0 Å². The van der Waals surface area contributed by atoms with Crippen LogP contribution in [-0.2, 0) is 0 Å². The Labute approximate surface area is 108 Å². The van der Waals surface area contributed by atoms with Crippen LogP contribution in [0.1, 0.15) is 9.67 Å². The molecule has 0 unspecified atom stereocenters. The maximum Gasteiger partial charge on any atom is 0.353 e. The largest absolute Gasteiger partial charge is 0.422 e. The number of hydrogen-bond acceptors (Lipinski definition) is 3. The van der Waals surface area contributed by atoms with Crippen LogP contribution in [0.2, 0.25) is 0 Å². The van der Waals surface area contributed by atoms with E-state index in [1.165, 1.54) is 11.3 Å². The zero-order valence-corrected chi connectivity index (χ0v) is 10.3. The van der Waals surface area contributed by atoms with Crippen LogP contribution in [0.3, 0.4) is 0 Å². The van der Waals surface area contributed by atoms with Crippen LogP contribution in [0.4, 0.5) is 0 Å². The molecule has 3 aromatic rings. The van der Waals surface area contributed by atoms with Gasteiger partial charge < -0.3 is 4.74 Å². The van der Waals surface area contributed by atoms with E-state index < -0.39 is 0 Å². The first-order valence-electron chi connectivity index (χ1n) is 5.57. The third-order valence-electron chi connectivity index (χ3n) is 2.65. The lowest BCUT2D eigenvalue weighted by atomic mass is 10.1. The van der Waals surface area contributed by atoms with Crippen molar-refractivity contribution in [1.29, 1.82) is 0 Å². The topological polar surface area (TPSA) is 26.3 Å². The molecular formula is C15H10O2S. The van der Waals surface area contributed by atoms with Gasteiger partial charge in [-0.3, -0.25) is 0 Å². The molecule has 1 aromatic heterocycles. The van der Waals surface area contributed by atoms with Crippen molar-refractivity contribution >= 4 is 28.1 Å². The molecule has 1 heterocycles. The van der Waals surface area contributed by atoms with Gasteiger partial charge in [0.05, 0.1) is 0 Å². The van der Waals surface area contributed by atoms with Gasteiger partial charge in [0.2, 0.25) is 0 Å². The normalized spacial score (nSPS) is 10.4. The average molecular weight is 254 g/mol. The maximum absolute atomic E-state index is 11.8. The van der Waals surface area contributed by atoms with Crippen molar-refractivity contribution in [2.75, 3.05) is 0 Å². The summed E-state index contributed by atoms with van der Waals surface area (Å²) in [6, 6.07) is 17.2. The van der Waals surface area contributed by atoms with E-state index >= 15 is 0 Å². The van der Waals surface area contributed by atoms with E-state index in [0.29, 0.717) is 10.6 Å². The van der Waals surface area contributed by atoms with Crippen molar-refractivity contribution < 1.29 is 9.53 Å². The van der Waals surface area contributed by atoms with Crippen LogP contribution in [-0.4, -0.2) is 5.97 Å². The van der Waals surface area contributed by atoms with E-state index in [1.54, 1.807) is 6.07 Å². The third-order valence-corrected chi connectivity index (χ3v) is 3.50. The highest BCUT2D eigenvalue weighted by molar-refractivity contribution is 7.12. The number of hydrogen-bond donors (Lipinski definition) is 0. The summed E-state index contributed by atoms with van der Waals surface area (Å²) < 4.78 is 5.34. The van der Waals surface area contributed by atoms with Crippen molar-refractivity contribution in [2.24, 2.45) is 0 Å². The highest BCUT2D eigenvalue weighted by atomic mass is 32.1. The van der Waals surface area contributed by atoms with Crippen LogP contribution in [0.5, 0.6) is 5.75 Å². The van der Waals surface area contributed by atoms with Crippen LogP contribution < -0.4 is 4.74 Å². The molecule has 3 heteroatoms. The summed E-state index contributed by atoms with van der Waals surface area (Å²) >= 11 is 1.38. The molecule has 0 spiro atoms. The van der Waals surface area contributed by atoms with Crippen LogP contribution >= 0.6 is 11.3 Å². The van der Waals surface area contributed by atoms with Gasteiger partial charge in [-0.15, -0.1) is 11.3 Å². The number of benzene rings is 2. The molecule has 0 amide bonds. The number of carbonyl (C=O) groups excluding carboxylic acids is 1. The van der Waals surface area contributed by atoms with Gasteiger partial charge in [-0.05, 0) is 34.4 Å². The Balaban J connectivity index is 1.89. The van der Waals surface area contributed by atoms with Crippen molar-refractivity contribution in [3.63, 3.8) is 0 Å². The Hall–Kier alpha value is -2.13. The molecule has 3 rings (SSSR count). The Morgan fingerprint density at radius 2 is 1.78 bits per heavy atom. The molecule has 0 fully saturated rings. The maximum atomic E-state index is 11.8. The van der Waals surface area contributed by atoms with Crippen LogP contribution in [0.25, 0.3) is 10.8 Å². The summed E-state index contributed by atoms with van der Waals surface area (Å²) in [6.45, 7) is 0. The smallest absolute Gasteiger partial charge is 0.353 e. The first kappa shape index (κ1) is 11.0. The fourth-order valence-corrected chi connectivity index (χ4v) is 2.38. The van der Waals surface area contributed by atoms with Crippen LogP contribution in [0, 0.1) is 0 Å². The molecule has 0 aliphatic heterocycles. The van der Waals surface area contributed by atoms with E-state index in [4.69, 9.17) is 4.74 Å². The molecule has 0 radical (unpaired) electrons. The minimum Gasteiger partial charge on any atom is -0.422 e. The van der Waals surface area contributed by atoms with Gasteiger partial charge in [0, 0.05) is 0 Å². The first-order valence-corrected chi connectivity index (χ1v) is 6.45. The molecule has 0 saturated heterocycles. The van der Waals surface area contributed by atoms with Crippen molar-refractivity contribution in [2.45, 2.75) is 0 Å².